The minimum Gasteiger partial charge on any atom is -0.384 e. The Kier molecular flexibility index (Phi) is 3.31. The molecule has 0 aliphatic carbocycles. The summed E-state index contributed by atoms with van der Waals surface area (Å²) in [6.07, 6.45) is -0.874. The van der Waals surface area contributed by atoms with E-state index in [0.29, 0.717) is 5.56 Å². The molecule has 0 radical (unpaired) electrons. The van der Waals surface area contributed by atoms with Crippen LogP contribution in [0.15, 0.2) is 24.3 Å². The first-order chi connectivity index (χ1) is 7.99. The number of aliphatic hydroxyl groups excluding tert-OH is 1. The minimum absolute atomic E-state index is 0.344. The van der Waals surface area contributed by atoms with Crippen LogP contribution in [0.25, 0.3) is 0 Å². The van der Waals surface area contributed by atoms with Crippen LogP contribution in [-0.4, -0.2) is 5.11 Å². The third-order valence-corrected chi connectivity index (χ3v) is 3.81. The highest BCUT2D eigenvalue weighted by Crippen LogP contribution is 2.31. The molecule has 0 bridgehead atoms. The first kappa shape index (κ1) is 12.3. The van der Waals surface area contributed by atoms with Crippen LogP contribution in [0.5, 0.6) is 0 Å². The van der Waals surface area contributed by atoms with Crippen molar-refractivity contribution in [3.8, 4) is 0 Å². The van der Waals surface area contributed by atoms with Gasteiger partial charge in [0.25, 0.3) is 0 Å². The van der Waals surface area contributed by atoms with Crippen LogP contribution < -0.4 is 0 Å². The predicted molar refractivity (Wildman–Crippen MR) is 69.0 cm³/mol. The number of benzene rings is 1. The van der Waals surface area contributed by atoms with E-state index < -0.39 is 6.10 Å². The summed E-state index contributed by atoms with van der Waals surface area (Å²) in [7, 11) is 0. The van der Waals surface area contributed by atoms with Gasteiger partial charge in [0.2, 0.25) is 0 Å². The molecular weight excluding hydrogens is 235 g/mol. The Morgan fingerprint density at radius 3 is 2.35 bits per heavy atom. The number of hydrogen-bond donors (Lipinski definition) is 1. The molecule has 3 heteroatoms. The van der Waals surface area contributed by atoms with Crippen molar-refractivity contribution < 1.29 is 9.50 Å². The van der Waals surface area contributed by atoms with E-state index in [9.17, 15) is 9.50 Å². The van der Waals surface area contributed by atoms with E-state index in [4.69, 9.17) is 0 Å². The quantitative estimate of drug-likeness (QED) is 0.857. The third kappa shape index (κ3) is 2.40. The maximum Gasteiger partial charge on any atom is 0.129 e. The second-order valence-corrected chi connectivity index (χ2v) is 5.76. The Hall–Kier alpha value is -1.19. The predicted octanol–water partition coefficient (Wildman–Crippen LogP) is 3.89. The van der Waals surface area contributed by atoms with Gasteiger partial charge in [-0.3, -0.25) is 0 Å². The molecular formula is C14H15FOS. The van der Waals surface area contributed by atoms with Crippen LogP contribution in [0.3, 0.4) is 0 Å². The number of aliphatic hydroxyl groups is 1. The van der Waals surface area contributed by atoms with Crippen molar-refractivity contribution in [1.82, 2.24) is 0 Å². The van der Waals surface area contributed by atoms with Gasteiger partial charge in [0.15, 0.2) is 0 Å². The Morgan fingerprint density at radius 2 is 1.82 bits per heavy atom. The van der Waals surface area contributed by atoms with E-state index in [1.807, 2.05) is 32.9 Å². The molecule has 0 aliphatic heterocycles. The maximum absolute atomic E-state index is 13.8. The fourth-order valence-corrected chi connectivity index (χ4v) is 2.90. The fraction of sp³-hybridized carbons (Fsp3) is 0.286. The number of thiophene rings is 1. The van der Waals surface area contributed by atoms with E-state index in [-0.39, 0.29) is 5.82 Å². The van der Waals surface area contributed by atoms with Crippen molar-refractivity contribution >= 4 is 11.3 Å². The van der Waals surface area contributed by atoms with Gasteiger partial charge >= 0.3 is 0 Å². The molecule has 0 fully saturated rings. The highest BCUT2D eigenvalue weighted by Gasteiger charge is 2.18. The molecule has 0 saturated carbocycles. The SMILES string of the molecule is Cc1ccc(C(O)c2cc(C)sc2C)c(F)c1. The first-order valence-electron chi connectivity index (χ1n) is 5.50. The zero-order chi connectivity index (χ0) is 12.6. The van der Waals surface area contributed by atoms with E-state index in [1.165, 1.54) is 6.07 Å². The minimum atomic E-state index is -0.874. The maximum atomic E-state index is 13.8. The van der Waals surface area contributed by atoms with Gasteiger partial charge in [-0.15, -0.1) is 11.3 Å². The Labute approximate surface area is 105 Å². The molecule has 1 aromatic heterocycles. The van der Waals surface area contributed by atoms with Gasteiger partial charge in [0, 0.05) is 15.3 Å². The van der Waals surface area contributed by atoms with E-state index in [2.05, 4.69) is 0 Å². The van der Waals surface area contributed by atoms with Crippen LogP contribution in [-0.2, 0) is 0 Å². The highest BCUT2D eigenvalue weighted by molar-refractivity contribution is 7.12. The summed E-state index contributed by atoms with van der Waals surface area (Å²) in [6.45, 7) is 5.76. The van der Waals surface area contributed by atoms with Gasteiger partial charge in [-0.25, -0.2) is 4.39 Å². The smallest absolute Gasteiger partial charge is 0.129 e. The van der Waals surface area contributed by atoms with E-state index in [1.54, 1.807) is 17.4 Å². The average Bonchev–Trinajstić information content (AvgIpc) is 2.57. The number of rotatable bonds is 2. The summed E-state index contributed by atoms with van der Waals surface area (Å²) < 4.78 is 13.8. The van der Waals surface area contributed by atoms with E-state index >= 15 is 0 Å². The van der Waals surface area contributed by atoms with Crippen LogP contribution in [0.2, 0.25) is 0 Å². The molecule has 1 nitrogen and oxygen atoms in total. The second kappa shape index (κ2) is 4.59. The summed E-state index contributed by atoms with van der Waals surface area (Å²) in [5.41, 5.74) is 2.00. The standard InChI is InChI=1S/C14H15FOS/c1-8-4-5-11(13(15)6-8)14(16)12-7-9(2)17-10(12)3/h4-7,14,16H,1-3H3. The molecule has 0 amide bonds. The summed E-state index contributed by atoms with van der Waals surface area (Å²) >= 11 is 1.62. The molecule has 0 spiro atoms. The van der Waals surface area contributed by atoms with Gasteiger partial charge in [-0.1, -0.05) is 12.1 Å². The molecule has 1 aromatic carbocycles. The molecule has 17 heavy (non-hydrogen) atoms. The summed E-state index contributed by atoms with van der Waals surface area (Å²) in [4.78, 5) is 2.17. The Balaban J connectivity index is 2.43. The molecule has 0 saturated heterocycles. The first-order valence-corrected chi connectivity index (χ1v) is 6.31. The lowest BCUT2D eigenvalue weighted by Crippen LogP contribution is -2.03. The lowest BCUT2D eigenvalue weighted by Gasteiger charge is -2.12. The molecule has 0 aliphatic rings. The van der Waals surface area contributed by atoms with Crippen molar-refractivity contribution in [2.75, 3.05) is 0 Å². The normalized spacial score (nSPS) is 12.8. The zero-order valence-electron chi connectivity index (χ0n) is 10.1. The molecule has 2 rings (SSSR count). The van der Waals surface area contributed by atoms with Crippen molar-refractivity contribution in [1.29, 1.82) is 0 Å². The topological polar surface area (TPSA) is 20.2 Å². The summed E-state index contributed by atoms with van der Waals surface area (Å²) in [5, 5.41) is 10.2. The van der Waals surface area contributed by atoms with Crippen molar-refractivity contribution in [2.24, 2.45) is 0 Å². The van der Waals surface area contributed by atoms with Gasteiger partial charge in [-0.05, 0) is 44.0 Å². The lowest BCUT2D eigenvalue weighted by molar-refractivity contribution is 0.214. The number of hydrogen-bond acceptors (Lipinski definition) is 2. The van der Waals surface area contributed by atoms with Gasteiger partial charge in [0.05, 0.1) is 0 Å². The molecule has 1 unspecified atom stereocenters. The van der Waals surface area contributed by atoms with Crippen LogP contribution >= 0.6 is 11.3 Å². The van der Waals surface area contributed by atoms with Gasteiger partial charge in [-0.2, -0.15) is 0 Å². The van der Waals surface area contributed by atoms with Crippen LogP contribution in [0.1, 0.15) is 32.5 Å². The van der Waals surface area contributed by atoms with Crippen LogP contribution in [0, 0.1) is 26.6 Å². The molecule has 2 aromatic rings. The highest BCUT2D eigenvalue weighted by atomic mass is 32.1. The monoisotopic (exact) mass is 250 g/mol. The Morgan fingerprint density at radius 1 is 1.12 bits per heavy atom. The van der Waals surface area contributed by atoms with Crippen molar-refractivity contribution in [2.45, 2.75) is 26.9 Å². The average molecular weight is 250 g/mol. The third-order valence-electron chi connectivity index (χ3n) is 2.82. The largest absolute Gasteiger partial charge is 0.384 e. The summed E-state index contributed by atoms with van der Waals surface area (Å²) in [6, 6.07) is 6.84. The Bertz CT molecular complexity index is 545. The summed E-state index contributed by atoms with van der Waals surface area (Å²) in [5.74, 6) is -0.347. The fourth-order valence-electron chi connectivity index (χ4n) is 1.94. The van der Waals surface area contributed by atoms with Crippen LogP contribution in [0.4, 0.5) is 4.39 Å². The number of aryl methyl sites for hydroxylation is 3. The van der Waals surface area contributed by atoms with Crippen molar-refractivity contribution in [3.63, 3.8) is 0 Å². The van der Waals surface area contributed by atoms with Gasteiger partial charge in [0.1, 0.15) is 11.9 Å². The molecule has 1 atom stereocenters. The molecule has 90 valence electrons. The lowest BCUT2D eigenvalue weighted by atomic mass is 10.0. The van der Waals surface area contributed by atoms with E-state index in [0.717, 1.165) is 20.9 Å². The number of halogens is 1. The zero-order valence-corrected chi connectivity index (χ0v) is 10.9. The molecule has 1 heterocycles. The second-order valence-electron chi connectivity index (χ2n) is 4.30. The molecule has 1 N–H and O–H groups in total. The van der Waals surface area contributed by atoms with Gasteiger partial charge < -0.3 is 5.11 Å². The van der Waals surface area contributed by atoms with Crippen molar-refractivity contribution in [3.05, 3.63) is 56.5 Å².